The van der Waals surface area contributed by atoms with Gasteiger partial charge >= 0.3 is 0 Å². The Morgan fingerprint density at radius 1 is 0.844 bits per heavy atom. The van der Waals surface area contributed by atoms with Gasteiger partial charge in [-0.3, -0.25) is 15.1 Å². The van der Waals surface area contributed by atoms with Crippen LogP contribution in [0, 0.1) is 12.7 Å². The number of hydrogen-bond donors (Lipinski definition) is 2. The summed E-state index contributed by atoms with van der Waals surface area (Å²) in [6.07, 6.45) is 5.09. The highest BCUT2D eigenvalue weighted by atomic mass is 19.1. The summed E-state index contributed by atoms with van der Waals surface area (Å²) in [6.45, 7) is 1.90. The van der Waals surface area contributed by atoms with Gasteiger partial charge in [0.15, 0.2) is 0 Å². The molecule has 0 saturated carbocycles. The standard InChI is InChI=1S/C26H18FN5/c1-15-9-17(11-18(27)10-15)19-3-2-4-22-20(19)13-24(30-22)26-21-12-16(5-6-23(21)31-32-26)25-14-28-7-8-29-25/h2-14,30H,1H3,(H,31,32). The summed E-state index contributed by atoms with van der Waals surface area (Å²) in [5, 5.41) is 9.70. The fourth-order valence-corrected chi connectivity index (χ4v) is 4.25. The highest BCUT2D eigenvalue weighted by molar-refractivity contribution is 6.01. The maximum atomic E-state index is 14.1. The SMILES string of the molecule is Cc1cc(F)cc(-c2cccc3[nH]c(-c4n[nH]c5ccc(-c6cnccn6)cc45)cc23)c1. The number of H-pyrrole nitrogens is 2. The van der Waals surface area contributed by atoms with Crippen LogP contribution in [0.5, 0.6) is 0 Å². The number of aromatic amines is 2. The van der Waals surface area contributed by atoms with Crippen LogP contribution in [0.1, 0.15) is 5.56 Å². The maximum Gasteiger partial charge on any atom is 0.124 e. The Balaban J connectivity index is 1.52. The van der Waals surface area contributed by atoms with Crippen molar-refractivity contribution in [2.24, 2.45) is 0 Å². The van der Waals surface area contributed by atoms with E-state index in [4.69, 9.17) is 0 Å². The Bertz CT molecular complexity index is 1580. The van der Waals surface area contributed by atoms with Crippen LogP contribution in [0.4, 0.5) is 4.39 Å². The lowest BCUT2D eigenvalue weighted by Crippen LogP contribution is -1.84. The zero-order valence-corrected chi connectivity index (χ0v) is 17.2. The number of aryl methyl sites for hydroxylation is 1. The summed E-state index contributed by atoms with van der Waals surface area (Å²) >= 11 is 0. The minimum absolute atomic E-state index is 0.234. The fraction of sp³-hybridized carbons (Fsp3) is 0.0385. The highest BCUT2D eigenvalue weighted by Crippen LogP contribution is 2.35. The van der Waals surface area contributed by atoms with Gasteiger partial charge in [-0.2, -0.15) is 5.10 Å². The van der Waals surface area contributed by atoms with Gasteiger partial charge in [0.25, 0.3) is 0 Å². The van der Waals surface area contributed by atoms with E-state index in [0.29, 0.717) is 0 Å². The van der Waals surface area contributed by atoms with Gasteiger partial charge in [-0.05, 0) is 60.0 Å². The number of benzene rings is 3. The predicted molar refractivity (Wildman–Crippen MR) is 125 cm³/mol. The van der Waals surface area contributed by atoms with Crippen molar-refractivity contribution in [2.75, 3.05) is 0 Å². The normalized spacial score (nSPS) is 11.4. The second kappa shape index (κ2) is 7.13. The number of aromatic nitrogens is 5. The van der Waals surface area contributed by atoms with E-state index in [0.717, 1.165) is 61.1 Å². The van der Waals surface area contributed by atoms with Crippen molar-refractivity contribution in [2.45, 2.75) is 6.92 Å². The molecule has 0 fully saturated rings. The molecule has 0 aliphatic heterocycles. The lowest BCUT2D eigenvalue weighted by molar-refractivity contribution is 0.627. The summed E-state index contributed by atoms with van der Waals surface area (Å²) in [6, 6.07) is 19.3. The third-order valence-corrected chi connectivity index (χ3v) is 5.69. The number of fused-ring (bicyclic) bond motifs is 2. The predicted octanol–water partition coefficient (Wildman–Crippen LogP) is 6.28. The minimum Gasteiger partial charge on any atom is -0.353 e. The maximum absolute atomic E-state index is 14.1. The van der Waals surface area contributed by atoms with Gasteiger partial charge in [-0.15, -0.1) is 0 Å². The molecule has 0 unspecified atom stereocenters. The van der Waals surface area contributed by atoms with Crippen LogP contribution >= 0.6 is 0 Å². The average molecular weight is 419 g/mol. The quantitative estimate of drug-likeness (QED) is 0.354. The molecule has 3 aromatic heterocycles. The van der Waals surface area contributed by atoms with Crippen molar-refractivity contribution in [3.05, 3.63) is 90.6 Å². The number of hydrogen-bond acceptors (Lipinski definition) is 3. The molecule has 0 spiro atoms. The van der Waals surface area contributed by atoms with Crippen LogP contribution in [0.25, 0.3) is 55.6 Å². The first-order chi connectivity index (χ1) is 15.7. The van der Waals surface area contributed by atoms with Crippen molar-refractivity contribution >= 4 is 21.8 Å². The van der Waals surface area contributed by atoms with E-state index in [9.17, 15) is 4.39 Å². The molecule has 0 aliphatic carbocycles. The molecule has 3 aromatic carbocycles. The second-order valence-electron chi connectivity index (χ2n) is 7.89. The molecular formula is C26H18FN5. The van der Waals surface area contributed by atoms with Crippen molar-refractivity contribution in [1.82, 2.24) is 25.1 Å². The van der Waals surface area contributed by atoms with E-state index < -0.39 is 0 Å². The van der Waals surface area contributed by atoms with Crippen LogP contribution in [-0.4, -0.2) is 25.1 Å². The summed E-state index contributed by atoms with van der Waals surface area (Å²) in [5.74, 6) is -0.234. The molecule has 5 nitrogen and oxygen atoms in total. The van der Waals surface area contributed by atoms with Crippen molar-refractivity contribution in [3.8, 4) is 33.8 Å². The third kappa shape index (κ3) is 3.04. The van der Waals surface area contributed by atoms with Crippen LogP contribution in [0.3, 0.4) is 0 Å². The average Bonchev–Trinajstić information content (AvgIpc) is 3.42. The Hall–Kier alpha value is -4.32. The lowest BCUT2D eigenvalue weighted by atomic mass is 9.99. The topological polar surface area (TPSA) is 70.2 Å². The largest absolute Gasteiger partial charge is 0.353 e. The van der Waals surface area contributed by atoms with Crippen LogP contribution in [0.15, 0.2) is 79.3 Å². The van der Waals surface area contributed by atoms with Crippen LogP contribution < -0.4 is 0 Å². The Morgan fingerprint density at radius 2 is 1.78 bits per heavy atom. The van der Waals surface area contributed by atoms with E-state index >= 15 is 0 Å². The zero-order chi connectivity index (χ0) is 21.7. The second-order valence-corrected chi connectivity index (χ2v) is 7.89. The molecule has 3 heterocycles. The van der Waals surface area contributed by atoms with Gasteiger partial charge in [0.2, 0.25) is 0 Å². The molecule has 6 aromatic rings. The van der Waals surface area contributed by atoms with Crippen molar-refractivity contribution in [3.63, 3.8) is 0 Å². The molecular weight excluding hydrogens is 401 g/mol. The van der Waals surface area contributed by atoms with Gasteiger partial charge in [-0.1, -0.05) is 24.3 Å². The highest BCUT2D eigenvalue weighted by Gasteiger charge is 2.15. The van der Waals surface area contributed by atoms with E-state index in [1.807, 2.05) is 43.3 Å². The first-order valence-electron chi connectivity index (χ1n) is 10.3. The van der Waals surface area contributed by atoms with Crippen LogP contribution in [-0.2, 0) is 0 Å². The summed E-state index contributed by atoms with van der Waals surface area (Å²) in [4.78, 5) is 12.1. The number of rotatable bonds is 3. The number of nitrogens with one attached hydrogen (secondary N) is 2. The molecule has 0 saturated heterocycles. The van der Waals surface area contributed by atoms with E-state index in [-0.39, 0.29) is 5.82 Å². The number of halogens is 1. The number of nitrogens with zero attached hydrogens (tertiary/aromatic N) is 3. The van der Waals surface area contributed by atoms with Gasteiger partial charge in [0.1, 0.15) is 11.5 Å². The zero-order valence-electron chi connectivity index (χ0n) is 17.2. The smallest absolute Gasteiger partial charge is 0.124 e. The van der Waals surface area contributed by atoms with Gasteiger partial charge in [-0.25, -0.2) is 4.39 Å². The Labute approximate surface area is 183 Å². The molecule has 6 heteroatoms. The summed E-state index contributed by atoms with van der Waals surface area (Å²) in [7, 11) is 0. The Morgan fingerprint density at radius 3 is 2.62 bits per heavy atom. The van der Waals surface area contributed by atoms with E-state index in [1.165, 1.54) is 6.07 Å². The molecule has 0 atom stereocenters. The van der Waals surface area contributed by atoms with E-state index in [2.05, 4.69) is 37.3 Å². The molecule has 32 heavy (non-hydrogen) atoms. The summed E-state index contributed by atoms with van der Waals surface area (Å²) in [5.41, 5.74) is 8.13. The van der Waals surface area contributed by atoms with Gasteiger partial charge < -0.3 is 4.98 Å². The first-order valence-corrected chi connectivity index (χ1v) is 10.3. The minimum atomic E-state index is -0.234. The lowest BCUT2D eigenvalue weighted by Gasteiger charge is -2.05. The molecule has 0 aliphatic rings. The summed E-state index contributed by atoms with van der Waals surface area (Å²) < 4.78 is 14.1. The monoisotopic (exact) mass is 419 g/mol. The molecule has 0 radical (unpaired) electrons. The molecule has 154 valence electrons. The van der Waals surface area contributed by atoms with Crippen molar-refractivity contribution in [1.29, 1.82) is 0 Å². The van der Waals surface area contributed by atoms with Crippen molar-refractivity contribution < 1.29 is 4.39 Å². The molecule has 6 rings (SSSR count). The first kappa shape index (κ1) is 18.4. The molecule has 0 bridgehead atoms. The van der Waals surface area contributed by atoms with E-state index in [1.54, 1.807) is 24.7 Å². The van der Waals surface area contributed by atoms with Gasteiger partial charge in [0.05, 0.1) is 23.1 Å². The molecule has 2 N–H and O–H groups in total. The third-order valence-electron chi connectivity index (χ3n) is 5.69. The van der Waals surface area contributed by atoms with Crippen LogP contribution in [0.2, 0.25) is 0 Å². The van der Waals surface area contributed by atoms with Gasteiger partial charge in [0, 0.05) is 34.2 Å². The fourth-order valence-electron chi connectivity index (χ4n) is 4.25. The molecule has 0 amide bonds. The Kier molecular flexibility index (Phi) is 4.11.